The molecule has 0 aromatic heterocycles. The maximum atomic E-state index is 14.0. The fraction of sp³-hybridized carbons (Fsp3) is 0.829. The van der Waals surface area contributed by atoms with Crippen molar-refractivity contribution in [1.82, 2.24) is 4.90 Å². The van der Waals surface area contributed by atoms with Gasteiger partial charge in [-0.3, -0.25) is 9.59 Å². The molecule has 40 heavy (non-hydrogen) atoms. The highest BCUT2D eigenvalue weighted by molar-refractivity contribution is 6.00. The van der Waals surface area contributed by atoms with Crippen LogP contribution in [0, 0.1) is 50.2 Å². The average molecular weight is 552 g/mol. The molecule has 1 saturated heterocycles. The van der Waals surface area contributed by atoms with Gasteiger partial charge in [0, 0.05) is 18.5 Å². The molecular formula is C35H53NO4. The molecule has 222 valence electrons. The van der Waals surface area contributed by atoms with Crippen molar-refractivity contribution in [3.8, 4) is 0 Å². The van der Waals surface area contributed by atoms with Crippen molar-refractivity contribution in [2.45, 2.75) is 99.8 Å². The Morgan fingerprint density at radius 2 is 1.62 bits per heavy atom. The maximum Gasteiger partial charge on any atom is 0.312 e. The molecule has 0 amide bonds. The lowest BCUT2D eigenvalue weighted by Crippen LogP contribution is -2.64. The van der Waals surface area contributed by atoms with Gasteiger partial charge in [0.1, 0.15) is 0 Å². The Morgan fingerprint density at radius 1 is 0.950 bits per heavy atom. The molecule has 0 N–H and O–H groups in total. The second-order valence-electron chi connectivity index (χ2n) is 16.4. The molecule has 5 heteroatoms. The van der Waals surface area contributed by atoms with Crippen LogP contribution in [0.15, 0.2) is 23.4 Å². The first kappa shape index (κ1) is 28.5. The molecule has 6 aliphatic rings. The van der Waals surface area contributed by atoms with Crippen molar-refractivity contribution in [1.29, 1.82) is 0 Å². The van der Waals surface area contributed by atoms with Gasteiger partial charge in [-0.05, 0) is 90.8 Å². The molecule has 5 aliphatic carbocycles. The summed E-state index contributed by atoms with van der Waals surface area (Å²) in [7, 11) is 1.58. The van der Waals surface area contributed by atoms with E-state index in [0.29, 0.717) is 30.8 Å². The monoisotopic (exact) mass is 551 g/mol. The third-order valence-electron chi connectivity index (χ3n) is 13.9. The first-order valence-electron chi connectivity index (χ1n) is 16.1. The van der Waals surface area contributed by atoms with Gasteiger partial charge in [0.15, 0.2) is 5.78 Å². The highest BCUT2D eigenvalue weighted by Crippen LogP contribution is 2.75. The van der Waals surface area contributed by atoms with E-state index in [2.05, 4.69) is 65.5 Å². The highest BCUT2D eigenvalue weighted by atomic mass is 16.5. The number of nitrogens with zero attached hydrogens (tertiary/aromatic N) is 1. The summed E-state index contributed by atoms with van der Waals surface area (Å²) in [6, 6.07) is 0. The number of esters is 1. The van der Waals surface area contributed by atoms with Crippen LogP contribution >= 0.6 is 0 Å². The molecule has 0 bridgehead atoms. The summed E-state index contributed by atoms with van der Waals surface area (Å²) < 4.78 is 11.2. The maximum absolute atomic E-state index is 14.0. The standard InChI is InChI=1S/C35H53NO4/c1-30(2)13-15-35(29(38)39-8)16-14-33(6)23(24(35)21-30)9-10-27-32(5)22-25(36-17-19-40-20-18-36)28(37)31(3,4)26(32)11-12-34(27,33)7/h9,22,24,26-27H,10-21H2,1-8H3/t24-,26-,27+,32-,33+,34+,35-/m0/s1. The SMILES string of the molecule is COC(=O)[C@]12CCC(C)(C)C[C@H]1C1=CC[C@@H]3[C@@]4(C)C=C(N5CCOCC5)C(=O)C(C)(C)[C@@H]4CC[C@@]3(C)[C@]1(C)CC2. The van der Waals surface area contributed by atoms with Gasteiger partial charge in [0.05, 0.1) is 31.4 Å². The normalized spacial score (nSPS) is 45.6. The molecule has 0 aromatic carbocycles. The zero-order valence-electron chi connectivity index (χ0n) is 26.5. The van der Waals surface area contributed by atoms with Gasteiger partial charge in [-0.1, -0.05) is 66.2 Å². The van der Waals surface area contributed by atoms with Crippen molar-refractivity contribution >= 4 is 11.8 Å². The summed E-state index contributed by atoms with van der Waals surface area (Å²) in [6.45, 7) is 19.8. The van der Waals surface area contributed by atoms with Crippen molar-refractivity contribution in [2.75, 3.05) is 33.4 Å². The quantitative estimate of drug-likeness (QED) is 0.274. The van der Waals surface area contributed by atoms with Crippen LogP contribution in [0.3, 0.4) is 0 Å². The van der Waals surface area contributed by atoms with Gasteiger partial charge in [0.25, 0.3) is 0 Å². The van der Waals surface area contributed by atoms with Crippen LogP contribution < -0.4 is 0 Å². The Balaban J connectivity index is 1.46. The number of carbonyl (C=O) groups excluding carboxylic acids is 2. The Labute approximate surface area is 242 Å². The largest absolute Gasteiger partial charge is 0.469 e. The molecule has 1 aliphatic heterocycles. The van der Waals surface area contributed by atoms with Crippen LogP contribution in [0.25, 0.3) is 0 Å². The highest BCUT2D eigenvalue weighted by Gasteiger charge is 2.69. The zero-order valence-corrected chi connectivity index (χ0v) is 26.5. The third kappa shape index (κ3) is 3.61. The Morgan fingerprint density at radius 3 is 2.30 bits per heavy atom. The Kier molecular flexibility index (Phi) is 6.37. The summed E-state index contributed by atoms with van der Waals surface area (Å²) in [6.07, 6.45) is 13.3. The predicted octanol–water partition coefficient (Wildman–Crippen LogP) is 6.97. The summed E-state index contributed by atoms with van der Waals surface area (Å²) in [4.78, 5) is 29.8. The van der Waals surface area contributed by atoms with E-state index in [1.54, 1.807) is 12.7 Å². The molecular weight excluding hydrogens is 498 g/mol. The first-order chi connectivity index (χ1) is 18.7. The van der Waals surface area contributed by atoms with E-state index in [1.807, 2.05) is 0 Å². The molecule has 0 spiro atoms. The third-order valence-corrected chi connectivity index (χ3v) is 13.9. The lowest BCUT2D eigenvalue weighted by atomic mass is 9.34. The number of methoxy groups -OCH3 is 1. The minimum Gasteiger partial charge on any atom is -0.469 e. The molecule has 0 unspecified atom stereocenters. The number of morpholine rings is 1. The molecule has 7 atom stereocenters. The second kappa shape index (κ2) is 8.94. The number of fused-ring (bicyclic) bond motifs is 7. The van der Waals surface area contributed by atoms with E-state index in [0.717, 1.165) is 70.2 Å². The minimum atomic E-state index is -0.386. The number of rotatable bonds is 2. The molecule has 5 nitrogen and oxygen atoms in total. The summed E-state index contributed by atoms with van der Waals surface area (Å²) in [5, 5.41) is 0. The Bertz CT molecular complexity index is 1160. The van der Waals surface area contributed by atoms with Crippen LogP contribution in [-0.2, 0) is 19.1 Å². The molecule has 6 rings (SSSR count). The first-order valence-corrected chi connectivity index (χ1v) is 16.1. The number of allylic oxidation sites excluding steroid dienone is 4. The van der Waals surface area contributed by atoms with Gasteiger partial charge in [-0.25, -0.2) is 0 Å². The van der Waals surface area contributed by atoms with E-state index in [-0.39, 0.29) is 44.4 Å². The van der Waals surface area contributed by atoms with E-state index in [4.69, 9.17) is 9.47 Å². The number of Topliss-reactive ketones (excluding diaryl/α,β-unsaturated/α-hetero) is 1. The van der Waals surface area contributed by atoms with E-state index in [1.165, 1.54) is 0 Å². The van der Waals surface area contributed by atoms with Gasteiger partial charge in [0.2, 0.25) is 0 Å². The smallest absolute Gasteiger partial charge is 0.312 e. The van der Waals surface area contributed by atoms with Crippen LogP contribution in [-0.4, -0.2) is 50.1 Å². The number of hydrogen-bond acceptors (Lipinski definition) is 5. The summed E-state index contributed by atoms with van der Waals surface area (Å²) >= 11 is 0. The van der Waals surface area contributed by atoms with Gasteiger partial charge in [-0.2, -0.15) is 0 Å². The lowest BCUT2D eigenvalue weighted by molar-refractivity contribution is -0.177. The number of hydrogen-bond donors (Lipinski definition) is 0. The summed E-state index contributed by atoms with van der Waals surface area (Å²) in [5.74, 6) is 1.39. The van der Waals surface area contributed by atoms with E-state index >= 15 is 0 Å². The second-order valence-corrected chi connectivity index (χ2v) is 16.4. The van der Waals surface area contributed by atoms with Gasteiger partial charge >= 0.3 is 5.97 Å². The van der Waals surface area contributed by atoms with Crippen molar-refractivity contribution in [3.05, 3.63) is 23.4 Å². The summed E-state index contributed by atoms with van der Waals surface area (Å²) in [5.41, 5.74) is 2.05. The number of carbonyl (C=O) groups is 2. The number of ether oxygens (including phenoxy) is 2. The van der Waals surface area contributed by atoms with Crippen LogP contribution in [0.4, 0.5) is 0 Å². The van der Waals surface area contributed by atoms with E-state index in [9.17, 15) is 9.59 Å². The average Bonchev–Trinajstić information content (AvgIpc) is 2.91. The van der Waals surface area contributed by atoms with Crippen molar-refractivity contribution in [3.63, 3.8) is 0 Å². The predicted molar refractivity (Wildman–Crippen MR) is 157 cm³/mol. The van der Waals surface area contributed by atoms with Gasteiger partial charge in [-0.15, -0.1) is 0 Å². The van der Waals surface area contributed by atoms with Crippen LogP contribution in [0.1, 0.15) is 99.8 Å². The lowest BCUT2D eigenvalue weighted by Gasteiger charge is -2.70. The van der Waals surface area contributed by atoms with Gasteiger partial charge < -0.3 is 14.4 Å². The molecule has 3 saturated carbocycles. The van der Waals surface area contributed by atoms with Crippen molar-refractivity contribution < 1.29 is 19.1 Å². The molecule has 0 aromatic rings. The van der Waals surface area contributed by atoms with Crippen molar-refractivity contribution in [2.24, 2.45) is 50.2 Å². The number of ketones is 1. The topological polar surface area (TPSA) is 55.8 Å². The van der Waals surface area contributed by atoms with Crippen LogP contribution in [0.2, 0.25) is 0 Å². The Hall–Kier alpha value is -1.62. The molecule has 1 heterocycles. The minimum absolute atomic E-state index is 0.0181. The zero-order chi connectivity index (χ0) is 28.9. The molecule has 4 fully saturated rings. The fourth-order valence-electron chi connectivity index (χ4n) is 11.3. The molecule has 0 radical (unpaired) electrons. The van der Waals surface area contributed by atoms with E-state index < -0.39 is 0 Å². The fourth-order valence-corrected chi connectivity index (χ4v) is 11.3. The van der Waals surface area contributed by atoms with Crippen LogP contribution in [0.5, 0.6) is 0 Å².